The van der Waals surface area contributed by atoms with Crippen LogP contribution in [0.4, 0.5) is 18.9 Å². The monoisotopic (exact) mass is 322 g/mol. The third kappa shape index (κ3) is 5.50. The minimum Gasteiger partial charge on any atom is -0.325 e. The molecule has 21 heavy (non-hydrogen) atoms. The summed E-state index contributed by atoms with van der Waals surface area (Å²) in [5, 5.41) is 2.35. The Labute approximate surface area is 121 Å². The highest BCUT2D eigenvalue weighted by Crippen LogP contribution is 2.51. The molecule has 0 spiro atoms. The van der Waals surface area contributed by atoms with E-state index in [1.165, 1.54) is 6.20 Å². The van der Waals surface area contributed by atoms with Crippen LogP contribution in [0.2, 0.25) is 0 Å². The molecule has 1 aromatic rings. The van der Waals surface area contributed by atoms with E-state index < -0.39 is 31.3 Å². The van der Waals surface area contributed by atoms with Crippen LogP contribution in [-0.4, -0.2) is 36.1 Å². The van der Waals surface area contributed by atoms with E-state index in [4.69, 9.17) is 0 Å². The van der Waals surface area contributed by atoms with Gasteiger partial charge in [-0.05, 0) is 31.9 Å². The second kappa shape index (κ2) is 6.60. The van der Waals surface area contributed by atoms with Gasteiger partial charge in [0.2, 0.25) is 5.91 Å². The van der Waals surface area contributed by atoms with E-state index in [0.29, 0.717) is 5.69 Å². The first kappa shape index (κ1) is 17.7. The summed E-state index contributed by atoms with van der Waals surface area (Å²) < 4.78 is 50.3. The lowest BCUT2D eigenvalue weighted by Crippen LogP contribution is -2.32. The first-order chi connectivity index (χ1) is 9.54. The van der Waals surface area contributed by atoms with Crippen LogP contribution in [-0.2, 0) is 15.8 Å². The number of carbonyl (C=O) groups excluding carboxylic acids is 1. The number of alkyl halides is 3. The summed E-state index contributed by atoms with van der Waals surface area (Å²) in [6.45, 7) is 3.99. The summed E-state index contributed by atoms with van der Waals surface area (Å²) in [5.41, 5.74) is -0.999. The van der Waals surface area contributed by atoms with Crippen molar-refractivity contribution in [2.45, 2.75) is 31.6 Å². The van der Waals surface area contributed by atoms with Gasteiger partial charge in [0.1, 0.15) is 5.66 Å². The zero-order valence-corrected chi connectivity index (χ0v) is 13.0. The number of carbonyl (C=O) groups is 1. The molecular formula is C13H18F3N2O2P. The van der Waals surface area contributed by atoms with E-state index in [1.807, 2.05) is 6.92 Å². The lowest BCUT2D eigenvalue weighted by molar-refractivity contribution is -0.139. The Hall–Kier alpha value is -1.36. The number of hydrogen-bond donors (Lipinski definition) is 1. The van der Waals surface area contributed by atoms with Crippen LogP contribution < -0.4 is 5.32 Å². The fourth-order valence-corrected chi connectivity index (χ4v) is 3.09. The van der Waals surface area contributed by atoms with Crippen LogP contribution in [0, 0.1) is 0 Å². The van der Waals surface area contributed by atoms with Gasteiger partial charge < -0.3 is 9.88 Å². The molecule has 1 atom stereocenters. The molecule has 1 amide bonds. The van der Waals surface area contributed by atoms with Gasteiger partial charge in [0.25, 0.3) is 0 Å². The van der Waals surface area contributed by atoms with E-state index in [1.54, 1.807) is 12.1 Å². The second-order valence-electron chi connectivity index (χ2n) is 5.14. The van der Waals surface area contributed by atoms with Crippen molar-refractivity contribution in [3.05, 3.63) is 24.0 Å². The highest BCUT2D eigenvalue weighted by molar-refractivity contribution is 7.63. The van der Waals surface area contributed by atoms with Crippen LogP contribution in [0.15, 0.2) is 18.3 Å². The van der Waals surface area contributed by atoms with Crippen molar-refractivity contribution in [3.8, 4) is 0 Å². The molecule has 1 unspecified atom stereocenters. The van der Waals surface area contributed by atoms with Gasteiger partial charge in [-0.15, -0.1) is 0 Å². The van der Waals surface area contributed by atoms with Crippen molar-refractivity contribution in [1.82, 2.24) is 4.98 Å². The van der Waals surface area contributed by atoms with E-state index in [2.05, 4.69) is 10.3 Å². The molecule has 0 aliphatic rings. The van der Waals surface area contributed by atoms with E-state index in [9.17, 15) is 22.5 Å². The Bertz CT molecular complexity index is 537. The Morgan fingerprint density at radius 2 is 2.00 bits per heavy atom. The molecule has 0 bridgehead atoms. The number of aromatic nitrogens is 1. The van der Waals surface area contributed by atoms with Crippen LogP contribution in [0.25, 0.3) is 0 Å². The van der Waals surface area contributed by atoms with Gasteiger partial charge >= 0.3 is 6.18 Å². The average Bonchev–Trinajstić information content (AvgIpc) is 2.34. The highest BCUT2D eigenvalue weighted by atomic mass is 31.2. The molecule has 0 fully saturated rings. The quantitative estimate of drug-likeness (QED) is 0.844. The maximum Gasteiger partial charge on any atom is 0.398 e. The molecular weight excluding hydrogens is 304 g/mol. The number of amides is 1. The third-order valence-electron chi connectivity index (χ3n) is 2.98. The van der Waals surface area contributed by atoms with Gasteiger partial charge in [-0.2, -0.15) is 13.2 Å². The zero-order chi connectivity index (χ0) is 16.3. The fraction of sp³-hybridized carbons (Fsp3) is 0.538. The Kier molecular flexibility index (Phi) is 5.56. The molecule has 0 aliphatic heterocycles. The maximum atomic E-state index is 12.8. The molecule has 0 aliphatic carbocycles. The van der Waals surface area contributed by atoms with Crippen molar-refractivity contribution in [2.75, 3.05) is 18.6 Å². The van der Waals surface area contributed by atoms with Gasteiger partial charge in [0.05, 0.1) is 19.0 Å². The smallest absolute Gasteiger partial charge is 0.325 e. The summed E-state index contributed by atoms with van der Waals surface area (Å²) in [4.78, 5) is 15.7. The van der Waals surface area contributed by atoms with Gasteiger partial charge in [-0.3, -0.25) is 9.78 Å². The van der Waals surface area contributed by atoms with E-state index >= 15 is 0 Å². The minimum absolute atomic E-state index is 0.320. The van der Waals surface area contributed by atoms with Gasteiger partial charge in [-0.25, -0.2) is 0 Å². The Balaban J connectivity index is 2.76. The van der Waals surface area contributed by atoms with Crippen LogP contribution >= 0.6 is 7.14 Å². The largest absolute Gasteiger partial charge is 0.398 e. The van der Waals surface area contributed by atoms with Crippen molar-refractivity contribution in [1.29, 1.82) is 0 Å². The van der Waals surface area contributed by atoms with Crippen molar-refractivity contribution in [2.24, 2.45) is 0 Å². The number of pyridine rings is 1. The number of anilines is 1. The normalized spacial score (nSPS) is 13.8. The molecule has 0 saturated heterocycles. The lowest BCUT2D eigenvalue weighted by Gasteiger charge is -2.23. The molecule has 1 aromatic heterocycles. The molecule has 118 valence electrons. The summed E-state index contributed by atoms with van der Waals surface area (Å²) in [5.74, 6) is -0.827. The van der Waals surface area contributed by atoms with Crippen molar-refractivity contribution < 1.29 is 22.5 Å². The van der Waals surface area contributed by atoms with Crippen molar-refractivity contribution >= 4 is 18.7 Å². The van der Waals surface area contributed by atoms with E-state index in [0.717, 1.165) is 25.4 Å². The molecule has 1 heterocycles. The fourth-order valence-electron chi connectivity index (χ4n) is 1.78. The molecule has 4 nitrogen and oxygen atoms in total. The average molecular weight is 322 g/mol. The highest BCUT2D eigenvalue weighted by Gasteiger charge is 2.47. The first-order valence-electron chi connectivity index (χ1n) is 6.40. The number of rotatable bonds is 5. The summed E-state index contributed by atoms with van der Waals surface area (Å²) in [6.07, 6.45) is -3.42. The first-order valence-corrected chi connectivity index (χ1v) is 9.07. The topological polar surface area (TPSA) is 59.1 Å². The van der Waals surface area contributed by atoms with Crippen molar-refractivity contribution in [3.63, 3.8) is 0 Å². The molecule has 1 N–H and O–H groups in total. The van der Waals surface area contributed by atoms with Gasteiger partial charge in [0, 0.05) is 12.1 Å². The lowest BCUT2D eigenvalue weighted by atomic mass is 10.2. The Morgan fingerprint density at radius 1 is 1.38 bits per heavy atom. The molecule has 1 rings (SSSR count). The summed E-state index contributed by atoms with van der Waals surface area (Å²) >= 11 is 0. The predicted octanol–water partition coefficient (Wildman–Crippen LogP) is 3.53. The zero-order valence-electron chi connectivity index (χ0n) is 12.1. The van der Waals surface area contributed by atoms with E-state index in [-0.39, 0.29) is 0 Å². The van der Waals surface area contributed by atoms with Crippen LogP contribution in [0.3, 0.4) is 0 Å². The molecule has 0 saturated carbocycles. The second-order valence-corrected chi connectivity index (χ2v) is 8.63. The summed E-state index contributed by atoms with van der Waals surface area (Å²) in [6, 6.07) is 3.26. The maximum absolute atomic E-state index is 12.8. The standard InChI is InChI=1S/C13H18F3N2O2P/c1-4-9-5-6-10(8-17-9)18-12(19)7-11(13(14,15)16)21(2,3)20/h5-6,8,11H,4,7H2,1-3H3,(H,18,19). The number of halogens is 3. The molecule has 8 heteroatoms. The third-order valence-corrected chi connectivity index (χ3v) is 4.95. The van der Waals surface area contributed by atoms with Crippen LogP contribution in [0.1, 0.15) is 19.0 Å². The minimum atomic E-state index is -4.67. The Morgan fingerprint density at radius 3 is 2.38 bits per heavy atom. The number of nitrogens with zero attached hydrogens (tertiary/aromatic N) is 1. The molecule has 0 aromatic carbocycles. The SMILES string of the molecule is CCc1ccc(NC(=O)CC(C(F)(F)F)P(C)(C)=O)cn1. The van der Waals surface area contributed by atoms with Gasteiger partial charge in [0.15, 0.2) is 0 Å². The number of aryl methyl sites for hydroxylation is 1. The van der Waals surface area contributed by atoms with Gasteiger partial charge in [-0.1, -0.05) is 6.92 Å². The predicted molar refractivity (Wildman–Crippen MR) is 76.2 cm³/mol. The molecule has 0 radical (unpaired) electrons. The number of hydrogen-bond acceptors (Lipinski definition) is 3. The number of nitrogens with one attached hydrogen (secondary N) is 1. The van der Waals surface area contributed by atoms with Crippen LogP contribution in [0.5, 0.6) is 0 Å². The summed E-state index contributed by atoms with van der Waals surface area (Å²) in [7, 11) is -3.47.